The van der Waals surface area contributed by atoms with Gasteiger partial charge < -0.3 is 4.98 Å². The highest BCUT2D eigenvalue weighted by atomic mass is 16.1. The summed E-state index contributed by atoms with van der Waals surface area (Å²) in [5.74, 6) is 0. The minimum absolute atomic E-state index is 0.180. The van der Waals surface area contributed by atoms with E-state index in [1.54, 1.807) is 0 Å². The van der Waals surface area contributed by atoms with Crippen molar-refractivity contribution >= 4 is 10.9 Å². The molecule has 0 amide bonds. The highest BCUT2D eigenvalue weighted by molar-refractivity contribution is 5.82. The van der Waals surface area contributed by atoms with Crippen LogP contribution in [0.2, 0.25) is 0 Å². The third-order valence-electron chi connectivity index (χ3n) is 4.21. The molecule has 3 nitrogen and oxygen atoms in total. The minimum atomic E-state index is 0.180. The van der Waals surface area contributed by atoms with Gasteiger partial charge in [-0.1, -0.05) is 32.4 Å². The van der Waals surface area contributed by atoms with Gasteiger partial charge in [0.1, 0.15) is 0 Å². The van der Waals surface area contributed by atoms with Crippen molar-refractivity contribution in [2.75, 3.05) is 13.1 Å². The zero-order chi connectivity index (χ0) is 15.4. The van der Waals surface area contributed by atoms with E-state index in [4.69, 9.17) is 0 Å². The standard InChI is InChI=1S/C18H26N2O/c1-5-7-11-20(6-2)12-16-14(4)19-17-13(3)9-8-10-15(17)18(16)21/h8-10H,5-7,11-12H2,1-4H3,(H,19,21). The Kier molecular flexibility index (Phi) is 5.18. The normalized spacial score (nSPS) is 11.5. The van der Waals surface area contributed by atoms with Crippen molar-refractivity contribution in [3.63, 3.8) is 0 Å². The fraction of sp³-hybridized carbons (Fsp3) is 0.500. The van der Waals surface area contributed by atoms with E-state index in [9.17, 15) is 4.79 Å². The molecule has 0 aliphatic rings. The zero-order valence-electron chi connectivity index (χ0n) is 13.6. The van der Waals surface area contributed by atoms with Crippen molar-refractivity contribution in [2.24, 2.45) is 0 Å². The van der Waals surface area contributed by atoms with Gasteiger partial charge in [-0.25, -0.2) is 0 Å². The molecule has 3 heteroatoms. The van der Waals surface area contributed by atoms with E-state index >= 15 is 0 Å². The third-order valence-corrected chi connectivity index (χ3v) is 4.21. The van der Waals surface area contributed by atoms with Crippen molar-refractivity contribution in [1.29, 1.82) is 0 Å². The Morgan fingerprint density at radius 1 is 1.19 bits per heavy atom. The van der Waals surface area contributed by atoms with Crippen LogP contribution in [0.1, 0.15) is 43.5 Å². The average molecular weight is 286 g/mol. The second-order valence-electron chi connectivity index (χ2n) is 5.78. The van der Waals surface area contributed by atoms with Crippen LogP contribution in [0, 0.1) is 13.8 Å². The largest absolute Gasteiger partial charge is 0.358 e. The molecule has 0 saturated carbocycles. The van der Waals surface area contributed by atoms with Crippen LogP contribution in [-0.4, -0.2) is 23.0 Å². The van der Waals surface area contributed by atoms with E-state index in [1.807, 2.05) is 32.0 Å². The van der Waals surface area contributed by atoms with Gasteiger partial charge in [0.2, 0.25) is 0 Å². The van der Waals surface area contributed by atoms with Crippen molar-refractivity contribution < 1.29 is 0 Å². The van der Waals surface area contributed by atoms with Crippen LogP contribution in [0.15, 0.2) is 23.0 Å². The molecular formula is C18H26N2O. The molecule has 1 aromatic heterocycles. The molecular weight excluding hydrogens is 260 g/mol. The van der Waals surface area contributed by atoms with Gasteiger partial charge >= 0.3 is 0 Å². The van der Waals surface area contributed by atoms with Crippen LogP contribution in [0.4, 0.5) is 0 Å². The summed E-state index contributed by atoms with van der Waals surface area (Å²) >= 11 is 0. The van der Waals surface area contributed by atoms with E-state index in [2.05, 4.69) is 23.7 Å². The summed E-state index contributed by atoms with van der Waals surface area (Å²) in [5, 5.41) is 0.808. The molecule has 1 N–H and O–H groups in total. The number of hydrogen-bond acceptors (Lipinski definition) is 2. The van der Waals surface area contributed by atoms with Crippen LogP contribution in [0.3, 0.4) is 0 Å². The Labute approximate surface area is 127 Å². The Morgan fingerprint density at radius 3 is 2.62 bits per heavy atom. The summed E-state index contributed by atoms with van der Waals surface area (Å²) in [5.41, 5.74) is 4.18. The number of aryl methyl sites for hydroxylation is 2. The number of fused-ring (bicyclic) bond motifs is 1. The first kappa shape index (κ1) is 15.8. The molecule has 0 bridgehead atoms. The fourth-order valence-corrected chi connectivity index (χ4v) is 2.76. The zero-order valence-corrected chi connectivity index (χ0v) is 13.6. The molecule has 1 aromatic carbocycles. The van der Waals surface area contributed by atoms with Gasteiger partial charge in [-0.3, -0.25) is 9.69 Å². The first-order valence-electron chi connectivity index (χ1n) is 7.91. The second kappa shape index (κ2) is 6.90. The van der Waals surface area contributed by atoms with Crippen LogP contribution >= 0.6 is 0 Å². The minimum Gasteiger partial charge on any atom is -0.358 e. The number of aromatic nitrogens is 1. The molecule has 0 spiro atoms. The third kappa shape index (κ3) is 3.35. The molecule has 0 radical (unpaired) electrons. The van der Waals surface area contributed by atoms with Gasteiger partial charge in [0.25, 0.3) is 0 Å². The summed E-state index contributed by atoms with van der Waals surface area (Å²) < 4.78 is 0. The molecule has 0 fully saturated rings. The van der Waals surface area contributed by atoms with Crippen molar-refractivity contribution in [2.45, 2.75) is 47.1 Å². The number of aromatic amines is 1. The lowest BCUT2D eigenvalue weighted by molar-refractivity contribution is 0.274. The van der Waals surface area contributed by atoms with Crippen LogP contribution in [0.25, 0.3) is 10.9 Å². The Hall–Kier alpha value is -1.61. The van der Waals surface area contributed by atoms with Crippen molar-refractivity contribution in [1.82, 2.24) is 9.88 Å². The number of para-hydroxylation sites is 1. The molecule has 1 heterocycles. The topological polar surface area (TPSA) is 36.1 Å². The number of hydrogen-bond donors (Lipinski definition) is 1. The number of nitrogens with one attached hydrogen (secondary N) is 1. The second-order valence-corrected chi connectivity index (χ2v) is 5.78. The maximum atomic E-state index is 12.8. The molecule has 0 unspecified atom stereocenters. The number of rotatable bonds is 6. The van der Waals surface area contributed by atoms with E-state index in [0.29, 0.717) is 0 Å². The SMILES string of the molecule is CCCCN(CC)Cc1c(C)[nH]c2c(C)cccc2c1=O. The monoisotopic (exact) mass is 286 g/mol. The number of nitrogens with zero attached hydrogens (tertiary/aromatic N) is 1. The first-order chi connectivity index (χ1) is 10.1. The molecule has 2 aromatic rings. The fourth-order valence-electron chi connectivity index (χ4n) is 2.76. The van der Waals surface area contributed by atoms with Gasteiger partial charge in [0.15, 0.2) is 5.43 Å². The van der Waals surface area contributed by atoms with Crippen LogP contribution in [-0.2, 0) is 6.54 Å². The van der Waals surface area contributed by atoms with E-state index in [1.165, 1.54) is 12.8 Å². The molecule has 0 atom stereocenters. The molecule has 2 rings (SSSR count). The van der Waals surface area contributed by atoms with Gasteiger partial charge in [-0.2, -0.15) is 0 Å². The number of benzene rings is 1. The summed E-state index contributed by atoms with van der Waals surface area (Å²) in [6.07, 6.45) is 2.36. The summed E-state index contributed by atoms with van der Waals surface area (Å²) in [4.78, 5) is 18.6. The van der Waals surface area contributed by atoms with E-state index < -0.39 is 0 Å². The van der Waals surface area contributed by atoms with E-state index in [-0.39, 0.29) is 5.43 Å². The summed E-state index contributed by atoms with van der Waals surface area (Å²) in [6, 6.07) is 5.92. The Morgan fingerprint density at radius 2 is 1.95 bits per heavy atom. The number of pyridine rings is 1. The molecule has 21 heavy (non-hydrogen) atoms. The van der Waals surface area contributed by atoms with Crippen LogP contribution in [0.5, 0.6) is 0 Å². The van der Waals surface area contributed by atoms with Gasteiger partial charge in [0.05, 0.1) is 5.52 Å². The number of H-pyrrole nitrogens is 1. The Balaban J connectivity index is 2.42. The lowest BCUT2D eigenvalue weighted by atomic mass is 10.1. The molecule has 0 aliphatic carbocycles. The molecule has 0 aliphatic heterocycles. The predicted molar refractivity (Wildman–Crippen MR) is 89.9 cm³/mol. The maximum absolute atomic E-state index is 12.8. The summed E-state index contributed by atoms with van der Waals surface area (Å²) in [7, 11) is 0. The predicted octanol–water partition coefficient (Wildman–Crippen LogP) is 3.77. The van der Waals surface area contributed by atoms with Gasteiger partial charge in [-0.15, -0.1) is 0 Å². The lowest BCUT2D eigenvalue weighted by Crippen LogP contribution is -2.28. The highest BCUT2D eigenvalue weighted by Gasteiger charge is 2.13. The highest BCUT2D eigenvalue weighted by Crippen LogP contribution is 2.16. The van der Waals surface area contributed by atoms with Gasteiger partial charge in [-0.05, 0) is 45.0 Å². The number of unbranched alkanes of at least 4 members (excludes halogenated alkanes) is 1. The smallest absolute Gasteiger partial charge is 0.194 e. The van der Waals surface area contributed by atoms with Gasteiger partial charge in [0, 0.05) is 23.2 Å². The summed E-state index contributed by atoms with van der Waals surface area (Å²) in [6.45, 7) is 11.2. The Bertz CT molecular complexity index is 673. The van der Waals surface area contributed by atoms with E-state index in [0.717, 1.165) is 47.4 Å². The average Bonchev–Trinajstić information content (AvgIpc) is 2.48. The molecule has 0 saturated heterocycles. The molecule has 114 valence electrons. The first-order valence-corrected chi connectivity index (χ1v) is 7.91. The quantitative estimate of drug-likeness (QED) is 0.877. The van der Waals surface area contributed by atoms with Crippen LogP contribution < -0.4 is 5.43 Å². The maximum Gasteiger partial charge on any atom is 0.194 e. The lowest BCUT2D eigenvalue weighted by Gasteiger charge is -2.21. The van der Waals surface area contributed by atoms with Crippen molar-refractivity contribution in [3.05, 3.63) is 45.2 Å². The van der Waals surface area contributed by atoms with Crippen molar-refractivity contribution in [3.8, 4) is 0 Å².